The highest BCUT2D eigenvalue weighted by molar-refractivity contribution is 6.08. The Bertz CT molecular complexity index is 593. The number of benzene rings is 1. The molecule has 2 atom stereocenters. The maximum Gasteiger partial charge on any atom is 0.233 e. The molecule has 2 unspecified atom stereocenters. The van der Waals surface area contributed by atoms with Crippen molar-refractivity contribution in [3.05, 3.63) is 35.4 Å². The van der Waals surface area contributed by atoms with Gasteiger partial charge in [0.25, 0.3) is 0 Å². The standard InChI is InChI=1S/C15H15NO3.C2H6/c1-15(7-6-12(17)16-14(15)19)11-8-9-4-2-3-5-10(9)13(11)18;1-2/h2-5,11H,6-8H2,1H3,(H,16,17,19);1-2H3. The van der Waals surface area contributed by atoms with Crippen LogP contribution in [0.4, 0.5) is 0 Å². The Morgan fingerprint density at radius 1 is 1.14 bits per heavy atom. The van der Waals surface area contributed by atoms with Crippen molar-refractivity contribution in [2.24, 2.45) is 11.3 Å². The van der Waals surface area contributed by atoms with Gasteiger partial charge in [-0.15, -0.1) is 0 Å². The predicted molar refractivity (Wildman–Crippen MR) is 79.8 cm³/mol. The molecule has 1 fully saturated rings. The highest BCUT2D eigenvalue weighted by atomic mass is 16.2. The van der Waals surface area contributed by atoms with Crippen LogP contribution < -0.4 is 5.32 Å². The number of Topliss-reactive ketones (excluding diaryl/α,β-unsaturated/α-hetero) is 1. The fourth-order valence-corrected chi connectivity index (χ4v) is 3.10. The number of hydrogen-bond acceptors (Lipinski definition) is 3. The van der Waals surface area contributed by atoms with Crippen molar-refractivity contribution >= 4 is 17.6 Å². The zero-order chi connectivity index (χ0) is 15.6. The van der Waals surface area contributed by atoms with E-state index in [4.69, 9.17) is 0 Å². The van der Waals surface area contributed by atoms with Crippen LogP contribution in [0.2, 0.25) is 0 Å². The summed E-state index contributed by atoms with van der Waals surface area (Å²) in [7, 11) is 0. The number of imide groups is 1. The molecular formula is C17H21NO3. The smallest absolute Gasteiger partial charge is 0.233 e. The van der Waals surface area contributed by atoms with Crippen LogP contribution >= 0.6 is 0 Å². The maximum absolute atomic E-state index is 12.5. The highest BCUT2D eigenvalue weighted by Crippen LogP contribution is 2.43. The molecule has 3 rings (SSSR count). The van der Waals surface area contributed by atoms with Gasteiger partial charge in [0, 0.05) is 17.9 Å². The van der Waals surface area contributed by atoms with E-state index in [1.165, 1.54) is 0 Å². The van der Waals surface area contributed by atoms with Gasteiger partial charge < -0.3 is 0 Å². The van der Waals surface area contributed by atoms with Crippen LogP contribution in [0.15, 0.2) is 24.3 Å². The predicted octanol–water partition coefficient (Wildman–Crippen LogP) is 2.51. The Morgan fingerprint density at radius 2 is 1.81 bits per heavy atom. The van der Waals surface area contributed by atoms with Crippen molar-refractivity contribution in [2.45, 2.75) is 40.0 Å². The van der Waals surface area contributed by atoms with Gasteiger partial charge in [0.05, 0.1) is 5.41 Å². The molecule has 1 aromatic carbocycles. The molecule has 1 N–H and O–H groups in total. The Kier molecular flexibility index (Phi) is 4.26. The normalized spacial score (nSPS) is 27.6. The van der Waals surface area contributed by atoms with Gasteiger partial charge in [0.2, 0.25) is 11.8 Å². The van der Waals surface area contributed by atoms with Crippen LogP contribution in [0.5, 0.6) is 0 Å². The third-order valence-electron chi connectivity index (χ3n) is 4.44. The number of amides is 2. The Morgan fingerprint density at radius 3 is 2.43 bits per heavy atom. The Labute approximate surface area is 124 Å². The van der Waals surface area contributed by atoms with Gasteiger partial charge in [-0.3, -0.25) is 19.7 Å². The number of fused-ring (bicyclic) bond motifs is 1. The third kappa shape index (κ3) is 2.50. The van der Waals surface area contributed by atoms with Crippen molar-refractivity contribution < 1.29 is 14.4 Å². The molecule has 0 radical (unpaired) electrons. The number of ketones is 1. The average molecular weight is 287 g/mol. The number of piperidine rings is 1. The number of hydrogen-bond donors (Lipinski definition) is 1. The lowest BCUT2D eigenvalue weighted by molar-refractivity contribution is -0.143. The summed E-state index contributed by atoms with van der Waals surface area (Å²) >= 11 is 0. The van der Waals surface area contributed by atoms with Crippen LogP contribution in [0.25, 0.3) is 0 Å². The van der Waals surface area contributed by atoms with E-state index in [0.717, 1.165) is 11.1 Å². The Hall–Kier alpha value is -1.97. The molecule has 21 heavy (non-hydrogen) atoms. The summed E-state index contributed by atoms with van der Waals surface area (Å²) in [5.41, 5.74) is 0.950. The number of carbonyl (C=O) groups is 3. The van der Waals surface area contributed by atoms with E-state index in [0.29, 0.717) is 19.3 Å². The summed E-state index contributed by atoms with van der Waals surface area (Å²) < 4.78 is 0. The van der Waals surface area contributed by atoms with Gasteiger partial charge in [-0.1, -0.05) is 45.0 Å². The fourth-order valence-electron chi connectivity index (χ4n) is 3.10. The van der Waals surface area contributed by atoms with Crippen LogP contribution in [-0.2, 0) is 16.0 Å². The lowest BCUT2D eigenvalue weighted by Gasteiger charge is -2.35. The van der Waals surface area contributed by atoms with Crippen molar-refractivity contribution in [3.63, 3.8) is 0 Å². The topological polar surface area (TPSA) is 63.2 Å². The number of nitrogens with one attached hydrogen (secondary N) is 1. The minimum absolute atomic E-state index is 0.0302. The molecule has 4 nitrogen and oxygen atoms in total. The second kappa shape index (κ2) is 5.80. The van der Waals surface area contributed by atoms with E-state index in [9.17, 15) is 14.4 Å². The molecular weight excluding hydrogens is 266 g/mol. The van der Waals surface area contributed by atoms with E-state index in [1.807, 2.05) is 38.1 Å². The van der Waals surface area contributed by atoms with E-state index < -0.39 is 5.41 Å². The Balaban J connectivity index is 0.000000774. The van der Waals surface area contributed by atoms with Gasteiger partial charge in [-0.05, 0) is 18.4 Å². The summed E-state index contributed by atoms with van der Waals surface area (Å²) in [4.78, 5) is 35.8. The first-order valence-electron chi connectivity index (χ1n) is 7.49. The fraction of sp³-hybridized carbons (Fsp3) is 0.471. The second-order valence-electron chi connectivity index (χ2n) is 5.57. The summed E-state index contributed by atoms with van der Waals surface area (Å²) in [6.07, 6.45) is 1.34. The molecule has 112 valence electrons. The summed E-state index contributed by atoms with van der Waals surface area (Å²) in [5.74, 6) is -0.874. The molecule has 1 saturated heterocycles. The molecule has 1 aliphatic carbocycles. The van der Waals surface area contributed by atoms with Crippen molar-refractivity contribution in [3.8, 4) is 0 Å². The minimum atomic E-state index is -0.774. The molecule has 0 spiro atoms. The molecule has 1 heterocycles. The molecule has 1 aromatic rings. The first-order chi connectivity index (χ1) is 10.0. The molecule has 1 aliphatic heterocycles. The van der Waals surface area contributed by atoms with Gasteiger partial charge in [-0.2, -0.15) is 0 Å². The second-order valence-corrected chi connectivity index (χ2v) is 5.57. The molecule has 0 saturated carbocycles. The van der Waals surface area contributed by atoms with Crippen LogP contribution in [0, 0.1) is 11.3 Å². The van der Waals surface area contributed by atoms with Crippen LogP contribution in [0.1, 0.15) is 49.5 Å². The third-order valence-corrected chi connectivity index (χ3v) is 4.44. The number of rotatable bonds is 1. The highest BCUT2D eigenvalue weighted by Gasteiger charge is 2.50. The summed E-state index contributed by atoms with van der Waals surface area (Å²) in [6, 6.07) is 7.49. The van der Waals surface area contributed by atoms with E-state index >= 15 is 0 Å². The van der Waals surface area contributed by atoms with Crippen molar-refractivity contribution in [1.82, 2.24) is 5.32 Å². The summed E-state index contributed by atoms with van der Waals surface area (Å²) in [6.45, 7) is 5.79. The van der Waals surface area contributed by atoms with Gasteiger partial charge >= 0.3 is 0 Å². The lowest BCUT2D eigenvalue weighted by Crippen LogP contribution is -2.52. The van der Waals surface area contributed by atoms with Gasteiger partial charge in [0.1, 0.15) is 0 Å². The first-order valence-corrected chi connectivity index (χ1v) is 7.49. The maximum atomic E-state index is 12.5. The molecule has 0 aromatic heterocycles. The molecule has 4 heteroatoms. The van der Waals surface area contributed by atoms with Gasteiger partial charge in [0.15, 0.2) is 5.78 Å². The SMILES string of the molecule is CC.CC1(C2Cc3ccccc3C2=O)CCC(=O)NC1=O. The molecule has 2 aliphatic rings. The largest absolute Gasteiger partial charge is 0.296 e. The van der Waals surface area contributed by atoms with Crippen LogP contribution in [0.3, 0.4) is 0 Å². The lowest BCUT2D eigenvalue weighted by atomic mass is 9.69. The quantitative estimate of drug-likeness (QED) is 0.807. The van der Waals surface area contributed by atoms with E-state index in [-0.39, 0.29) is 23.5 Å². The minimum Gasteiger partial charge on any atom is -0.296 e. The van der Waals surface area contributed by atoms with Crippen molar-refractivity contribution in [1.29, 1.82) is 0 Å². The number of carbonyl (C=O) groups excluding carboxylic acids is 3. The monoisotopic (exact) mass is 287 g/mol. The van der Waals surface area contributed by atoms with Crippen LogP contribution in [-0.4, -0.2) is 17.6 Å². The molecule has 2 amide bonds. The molecule has 0 bridgehead atoms. The average Bonchev–Trinajstić information content (AvgIpc) is 2.84. The first kappa shape index (κ1) is 15.4. The van der Waals surface area contributed by atoms with Crippen molar-refractivity contribution in [2.75, 3.05) is 0 Å². The zero-order valence-corrected chi connectivity index (χ0v) is 12.7. The van der Waals surface area contributed by atoms with Gasteiger partial charge in [-0.25, -0.2) is 0 Å². The zero-order valence-electron chi connectivity index (χ0n) is 12.7. The summed E-state index contributed by atoms with van der Waals surface area (Å²) in [5, 5.41) is 2.36. The van der Waals surface area contributed by atoms with E-state index in [2.05, 4.69) is 5.32 Å². The van der Waals surface area contributed by atoms with E-state index in [1.54, 1.807) is 6.92 Å².